The lowest BCUT2D eigenvalue weighted by molar-refractivity contribution is -0.111. The molecule has 0 fully saturated rings. The SMILES string of the molecule is O=C(/C=C/c1ccccc1Cl)Nc1ccc(Nc2ccccc2)nc1. The molecule has 0 atom stereocenters. The summed E-state index contributed by atoms with van der Waals surface area (Å²) in [5.41, 5.74) is 2.36. The minimum atomic E-state index is -0.245. The van der Waals surface area contributed by atoms with Crippen molar-refractivity contribution in [1.82, 2.24) is 4.98 Å². The lowest BCUT2D eigenvalue weighted by Crippen LogP contribution is -2.08. The highest BCUT2D eigenvalue weighted by Gasteiger charge is 2.01. The molecule has 2 N–H and O–H groups in total. The standard InChI is InChI=1S/C20H16ClN3O/c21-18-9-5-4-6-15(18)10-13-20(25)24-17-11-12-19(22-14-17)23-16-7-2-1-3-8-16/h1-14H,(H,22,23)(H,24,25)/b13-10+. The molecule has 0 saturated heterocycles. The van der Waals surface area contributed by atoms with E-state index < -0.39 is 0 Å². The molecule has 0 aliphatic carbocycles. The first kappa shape index (κ1) is 16.7. The molecule has 1 heterocycles. The fraction of sp³-hybridized carbons (Fsp3) is 0. The number of aromatic nitrogens is 1. The van der Waals surface area contributed by atoms with Crippen LogP contribution in [0.4, 0.5) is 17.2 Å². The van der Waals surface area contributed by atoms with Crippen molar-refractivity contribution in [2.75, 3.05) is 10.6 Å². The highest BCUT2D eigenvalue weighted by Crippen LogP contribution is 2.17. The van der Waals surface area contributed by atoms with Crippen LogP contribution in [0.3, 0.4) is 0 Å². The Morgan fingerprint density at radius 2 is 1.68 bits per heavy atom. The zero-order chi connectivity index (χ0) is 17.5. The third-order valence-electron chi connectivity index (χ3n) is 3.40. The summed E-state index contributed by atoms with van der Waals surface area (Å²) < 4.78 is 0. The summed E-state index contributed by atoms with van der Waals surface area (Å²) >= 11 is 6.05. The van der Waals surface area contributed by atoms with Crippen LogP contribution in [0.1, 0.15) is 5.56 Å². The molecule has 3 aromatic rings. The zero-order valence-electron chi connectivity index (χ0n) is 13.3. The van der Waals surface area contributed by atoms with Gasteiger partial charge in [-0.25, -0.2) is 4.98 Å². The number of anilines is 3. The third-order valence-corrected chi connectivity index (χ3v) is 3.74. The summed E-state index contributed by atoms with van der Waals surface area (Å²) in [6.45, 7) is 0. The van der Waals surface area contributed by atoms with E-state index in [0.717, 1.165) is 11.3 Å². The summed E-state index contributed by atoms with van der Waals surface area (Å²) in [5.74, 6) is 0.460. The maximum absolute atomic E-state index is 12.0. The zero-order valence-corrected chi connectivity index (χ0v) is 14.1. The summed E-state index contributed by atoms with van der Waals surface area (Å²) in [5, 5.41) is 6.55. The Hall–Kier alpha value is -3.11. The second kappa shape index (κ2) is 8.13. The van der Waals surface area contributed by atoms with E-state index in [1.54, 1.807) is 30.5 Å². The van der Waals surface area contributed by atoms with Crippen molar-refractivity contribution in [2.24, 2.45) is 0 Å². The molecule has 0 unspecified atom stereocenters. The van der Waals surface area contributed by atoms with Gasteiger partial charge in [0.25, 0.3) is 0 Å². The van der Waals surface area contributed by atoms with Crippen molar-refractivity contribution in [1.29, 1.82) is 0 Å². The normalized spacial score (nSPS) is 10.6. The molecule has 0 bridgehead atoms. The van der Waals surface area contributed by atoms with Gasteiger partial charge >= 0.3 is 0 Å². The number of halogens is 1. The summed E-state index contributed by atoms with van der Waals surface area (Å²) in [4.78, 5) is 16.3. The number of benzene rings is 2. The Morgan fingerprint density at radius 1 is 0.920 bits per heavy atom. The molecule has 0 spiro atoms. The lowest BCUT2D eigenvalue weighted by atomic mass is 10.2. The van der Waals surface area contributed by atoms with Gasteiger partial charge in [-0.05, 0) is 42.0 Å². The van der Waals surface area contributed by atoms with Gasteiger partial charge in [-0.3, -0.25) is 4.79 Å². The van der Waals surface area contributed by atoms with E-state index >= 15 is 0 Å². The van der Waals surface area contributed by atoms with Crippen molar-refractivity contribution in [2.45, 2.75) is 0 Å². The first-order valence-corrected chi connectivity index (χ1v) is 8.10. The van der Waals surface area contributed by atoms with Crippen LogP contribution >= 0.6 is 11.6 Å². The van der Waals surface area contributed by atoms with Gasteiger partial charge in [0, 0.05) is 16.8 Å². The van der Waals surface area contributed by atoms with Crippen LogP contribution in [0.15, 0.2) is 79.0 Å². The van der Waals surface area contributed by atoms with Crippen molar-refractivity contribution in [3.05, 3.63) is 89.6 Å². The predicted molar refractivity (Wildman–Crippen MR) is 103 cm³/mol. The van der Waals surface area contributed by atoms with Crippen LogP contribution in [0.2, 0.25) is 5.02 Å². The number of amides is 1. The van der Waals surface area contributed by atoms with E-state index in [1.165, 1.54) is 6.08 Å². The first-order chi connectivity index (χ1) is 12.2. The molecular formula is C20H16ClN3O. The van der Waals surface area contributed by atoms with Crippen molar-refractivity contribution < 1.29 is 4.79 Å². The Labute approximate surface area is 151 Å². The van der Waals surface area contributed by atoms with Crippen LogP contribution < -0.4 is 10.6 Å². The van der Waals surface area contributed by atoms with Crippen LogP contribution in [0.5, 0.6) is 0 Å². The van der Waals surface area contributed by atoms with Gasteiger partial charge in [-0.15, -0.1) is 0 Å². The van der Waals surface area contributed by atoms with Crippen molar-refractivity contribution >= 4 is 40.8 Å². The molecule has 1 amide bonds. The van der Waals surface area contributed by atoms with Crippen molar-refractivity contribution in [3.63, 3.8) is 0 Å². The average molecular weight is 350 g/mol. The van der Waals surface area contributed by atoms with Gasteiger partial charge in [0.1, 0.15) is 5.82 Å². The molecule has 124 valence electrons. The number of hydrogen-bond donors (Lipinski definition) is 2. The monoisotopic (exact) mass is 349 g/mol. The third kappa shape index (κ3) is 4.93. The van der Waals surface area contributed by atoms with Gasteiger partial charge in [-0.2, -0.15) is 0 Å². The topological polar surface area (TPSA) is 54.0 Å². The number of hydrogen-bond acceptors (Lipinski definition) is 3. The van der Waals surface area contributed by atoms with E-state index in [4.69, 9.17) is 11.6 Å². The van der Waals surface area contributed by atoms with E-state index in [9.17, 15) is 4.79 Å². The van der Waals surface area contributed by atoms with Gasteiger partial charge in [0.15, 0.2) is 0 Å². The fourth-order valence-electron chi connectivity index (χ4n) is 2.17. The maximum Gasteiger partial charge on any atom is 0.248 e. The van der Waals surface area contributed by atoms with E-state index in [-0.39, 0.29) is 5.91 Å². The van der Waals surface area contributed by atoms with Crippen LogP contribution in [-0.2, 0) is 4.79 Å². The van der Waals surface area contributed by atoms with Gasteiger partial charge in [0.2, 0.25) is 5.91 Å². The van der Waals surface area contributed by atoms with Gasteiger partial charge < -0.3 is 10.6 Å². The largest absolute Gasteiger partial charge is 0.340 e. The lowest BCUT2D eigenvalue weighted by Gasteiger charge is -2.06. The number of nitrogens with zero attached hydrogens (tertiary/aromatic N) is 1. The Kier molecular flexibility index (Phi) is 5.44. The predicted octanol–water partition coefficient (Wildman–Crippen LogP) is 5.13. The van der Waals surface area contributed by atoms with Crippen LogP contribution in [0.25, 0.3) is 6.08 Å². The maximum atomic E-state index is 12.0. The molecule has 5 heteroatoms. The van der Waals surface area contributed by atoms with Crippen LogP contribution in [-0.4, -0.2) is 10.9 Å². The Morgan fingerprint density at radius 3 is 2.40 bits per heavy atom. The Bertz CT molecular complexity index is 877. The molecule has 3 rings (SSSR count). The summed E-state index contributed by atoms with van der Waals surface area (Å²) in [7, 11) is 0. The number of para-hydroxylation sites is 1. The van der Waals surface area contributed by atoms with Gasteiger partial charge in [0.05, 0.1) is 11.9 Å². The molecule has 25 heavy (non-hydrogen) atoms. The second-order valence-electron chi connectivity index (χ2n) is 5.27. The summed E-state index contributed by atoms with van der Waals surface area (Å²) in [6.07, 6.45) is 4.72. The summed E-state index contributed by atoms with van der Waals surface area (Å²) in [6, 6.07) is 20.7. The minimum Gasteiger partial charge on any atom is -0.340 e. The van der Waals surface area contributed by atoms with Crippen LogP contribution in [0, 0.1) is 0 Å². The van der Waals surface area contributed by atoms with Gasteiger partial charge in [-0.1, -0.05) is 48.0 Å². The molecule has 0 saturated carbocycles. The number of carbonyl (C=O) groups is 1. The smallest absolute Gasteiger partial charge is 0.248 e. The quantitative estimate of drug-likeness (QED) is 0.628. The van der Waals surface area contributed by atoms with E-state index in [0.29, 0.717) is 16.5 Å². The van der Waals surface area contributed by atoms with E-state index in [1.807, 2.05) is 48.5 Å². The van der Waals surface area contributed by atoms with Crippen molar-refractivity contribution in [3.8, 4) is 0 Å². The molecule has 1 aromatic heterocycles. The second-order valence-corrected chi connectivity index (χ2v) is 5.67. The minimum absolute atomic E-state index is 0.245. The Balaban J connectivity index is 1.59. The molecular weight excluding hydrogens is 334 g/mol. The highest BCUT2D eigenvalue weighted by atomic mass is 35.5. The first-order valence-electron chi connectivity index (χ1n) is 7.72. The number of rotatable bonds is 5. The number of nitrogens with one attached hydrogen (secondary N) is 2. The molecule has 4 nitrogen and oxygen atoms in total. The molecule has 0 aliphatic rings. The molecule has 2 aromatic carbocycles. The molecule has 0 radical (unpaired) electrons. The fourth-order valence-corrected chi connectivity index (χ4v) is 2.37. The number of pyridine rings is 1. The number of carbonyl (C=O) groups excluding carboxylic acids is 1. The average Bonchev–Trinajstić information content (AvgIpc) is 2.64. The van der Waals surface area contributed by atoms with E-state index in [2.05, 4.69) is 15.6 Å². The molecule has 0 aliphatic heterocycles. The highest BCUT2D eigenvalue weighted by molar-refractivity contribution is 6.32.